The number of ketones is 1. The predicted octanol–water partition coefficient (Wildman–Crippen LogP) is 5.38. The van der Waals surface area contributed by atoms with Crippen LogP contribution in [0.1, 0.15) is 93.8 Å². The van der Waals surface area contributed by atoms with E-state index in [2.05, 4.69) is 10.2 Å². The Kier molecular flexibility index (Phi) is 10.5. The Morgan fingerprint density at radius 2 is 1.66 bits per heavy atom. The van der Waals surface area contributed by atoms with E-state index in [-0.39, 0.29) is 11.7 Å². The van der Waals surface area contributed by atoms with Crippen molar-refractivity contribution in [3.63, 3.8) is 0 Å². The smallest absolute Gasteiger partial charge is 0.220 e. The first-order chi connectivity index (χ1) is 15.6. The van der Waals surface area contributed by atoms with Crippen LogP contribution in [0.3, 0.4) is 0 Å². The van der Waals surface area contributed by atoms with Gasteiger partial charge in [0.25, 0.3) is 0 Å². The Balaban J connectivity index is 1.34. The maximum absolute atomic E-state index is 12.6. The van der Waals surface area contributed by atoms with Gasteiger partial charge in [-0.25, -0.2) is 0 Å². The fraction of sp³-hybridized carbons (Fsp3) is 0.704. The summed E-state index contributed by atoms with van der Waals surface area (Å²) >= 11 is 0. The number of ether oxygens (including phenoxy) is 1. The molecule has 1 aromatic carbocycles. The van der Waals surface area contributed by atoms with Gasteiger partial charge in [0.05, 0.1) is 7.11 Å². The molecule has 5 nitrogen and oxygen atoms in total. The van der Waals surface area contributed by atoms with Crippen molar-refractivity contribution in [2.45, 2.75) is 89.5 Å². The topological polar surface area (TPSA) is 58.6 Å². The zero-order valence-electron chi connectivity index (χ0n) is 19.9. The number of carbonyl (C=O) groups excluding carboxylic acids is 2. The van der Waals surface area contributed by atoms with Crippen LogP contribution in [0.4, 0.5) is 0 Å². The molecular formula is C27H42N2O3. The van der Waals surface area contributed by atoms with E-state index in [1.165, 1.54) is 58.0 Å². The first-order valence-corrected chi connectivity index (χ1v) is 12.8. The number of Topliss-reactive ketones (excluding diaryl/α,β-unsaturated/α-hetero) is 1. The second kappa shape index (κ2) is 13.6. The summed E-state index contributed by atoms with van der Waals surface area (Å²) in [7, 11) is 1.62. The average molecular weight is 443 g/mol. The second-order valence-electron chi connectivity index (χ2n) is 9.72. The van der Waals surface area contributed by atoms with E-state index in [0.717, 1.165) is 49.5 Å². The van der Waals surface area contributed by atoms with Crippen molar-refractivity contribution >= 4 is 11.7 Å². The third-order valence-corrected chi connectivity index (χ3v) is 7.10. The van der Waals surface area contributed by atoms with Crippen LogP contribution < -0.4 is 10.1 Å². The first-order valence-electron chi connectivity index (χ1n) is 12.8. The monoisotopic (exact) mass is 442 g/mol. The molecule has 178 valence electrons. The van der Waals surface area contributed by atoms with Crippen molar-refractivity contribution in [1.82, 2.24) is 10.2 Å². The van der Waals surface area contributed by atoms with Gasteiger partial charge in [-0.15, -0.1) is 0 Å². The normalized spacial score (nSPS) is 18.4. The fourth-order valence-corrected chi connectivity index (χ4v) is 5.25. The molecule has 32 heavy (non-hydrogen) atoms. The van der Waals surface area contributed by atoms with Gasteiger partial charge >= 0.3 is 0 Å². The Morgan fingerprint density at radius 3 is 2.34 bits per heavy atom. The number of unbranched alkanes of at least 4 members (excludes halogenated alkanes) is 2. The summed E-state index contributed by atoms with van der Waals surface area (Å²) in [5.41, 5.74) is 0.732. The quantitative estimate of drug-likeness (QED) is 0.329. The Labute approximate surface area is 194 Å². The number of amides is 1. The zero-order chi connectivity index (χ0) is 22.6. The van der Waals surface area contributed by atoms with E-state index < -0.39 is 0 Å². The highest BCUT2D eigenvalue weighted by atomic mass is 16.5. The third-order valence-electron chi connectivity index (χ3n) is 7.10. The van der Waals surface area contributed by atoms with Gasteiger partial charge in [-0.3, -0.25) is 9.59 Å². The van der Waals surface area contributed by atoms with Crippen LogP contribution in [0.5, 0.6) is 5.75 Å². The number of benzene rings is 1. The number of nitrogens with one attached hydrogen (secondary N) is 1. The van der Waals surface area contributed by atoms with E-state index in [1.54, 1.807) is 7.11 Å². The largest absolute Gasteiger partial charge is 0.497 e. The molecule has 0 radical (unpaired) electrons. The van der Waals surface area contributed by atoms with Crippen LogP contribution in [0.15, 0.2) is 24.3 Å². The number of carbonyl (C=O) groups is 2. The lowest BCUT2D eigenvalue weighted by Crippen LogP contribution is -2.44. The summed E-state index contributed by atoms with van der Waals surface area (Å²) in [4.78, 5) is 27.5. The molecule has 2 aliphatic rings. The summed E-state index contributed by atoms with van der Waals surface area (Å²) in [6.07, 6.45) is 14.1. The molecule has 0 aromatic heterocycles. The molecule has 1 saturated carbocycles. The minimum Gasteiger partial charge on any atom is -0.497 e. The van der Waals surface area contributed by atoms with Crippen molar-refractivity contribution in [2.24, 2.45) is 5.92 Å². The fourth-order valence-electron chi connectivity index (χ4n) is 5.25. The van der Waals surface area contributed by atoms with E-state index in [9.17, 15) is 9.59 Å². The molecule has 1 N–H and O–H groups in total. The molecule has 1 aliphatic carbocycles. The number of hydrogen-bond acceptors (Lipinski definition) is 4. The number of methoxy groups -OCH3 is 1. The third kappa shape index (κ3) is 8.57. The van der Waals surface area contributed by atoms with E-state index in [0.29, 0.717) is 18.9 Å². The summed E-state index contributed by atoms with van der Waals surface area (Å²) in [5, 5.41) is 3.37. The van der Waals surface area contributed by atoms with Crippen molar-refractivity contribution in [1.29, 1.82) is 0 Å². The molecule has 0 spiro atoms. The molecule has 3 rings (SSSR count). The first kappa shape index (κ1) is 24.8. The van der Waals surface area contributed by atoms with Crippen LogP contribution in [-0.2, 0) is 4.79 Å². The van der Waals surface area contributed by atoms with Gasteiger partial charge in [0, 0.05) is 31.0 Å². The lowest BCUT2D eigenvalue weighted by molar-refractivity contribution is -0.122. The average Bonchev–Trinajstić information content (AvgIpc) is 3.32. The highest BCUT2D eigenvalue weighted by Crippen LogP contribution is 2.28. The SMILES string of the molecule is COc1ccc(C(=O)CCCCCC(=O)N[C@@H](CC2CCCCC2)CN2CCCC2)cc1. The van der Waals surface area contributed by atoms with Crippen molar-refractivity contribution in [2.75, 3.05) is 26.7 Å². The van der Waals surface area contributed by atoms with Gasteiger partial charge in [-0.1, -0.05) is 38.5 Å². The molecule has 2 fully saturated rings. The van der Waals surface area contributed by atoms with Gasteiger partial charge in [0.15, 0.2) is 5.78 Å². The molecule has 1 amide bonds. The maximum Gasteiger partial charge on any atom is 0.220 e. The van der Waals surface area contributed by atoms with Crippen LogP contribution in [0.25, 0.3) is 0 Å². The Hall–Kier alpha value is -1.88. The molecule has 1 atom stereocenters. The van der Waals surface area contributed by atoms with Crippen molar-refractivity contribution < 1.29 is 14.3 Å². The summed E-state index contributed by atoms with van der Waals surface area (Å²) in [5.74, 6) is 1.89. The number of rotatable bonds is 13. The van der Waals surface area contributed by atoms with Gasteiger partial charge in [0.1, 0.15) is 5.75 Å². The number of likely N-dealkylation sites (tertiary alicyclic amines) is 1. The molecule has 5 heteroatoms. The molecule has 1 saturated heterocycles. The van der Waals surface area contributed by atoms with E-state index in [4.69, 9.17) is 4.74 Å². The summed E-state index contributed by atoms with van der Waals surface area (Å²) < 4.78 is 5.14. The molecule has 0 unspecified atom stereocenters. The maximum atomic E-state index is 12.6. The second-order valence-corrected chi connectivity index (χ2v) is 9.72. The Morgan fingerprint density at radius 1 is 0.969 bits per heavy atom. The molecule has 1 heterocycles. The van der Waals surface area contributed by atoms with Crippen LogP contribution in [0, 0.1) is 5.92 Å². The molecule has 0 bridgehead atoms. The van der Waals surface area contributed by atoms with Gasteiger partial charge < -0.3 is 15.0 Å². The molecular weight excluding hydrogens is 400 g/mol. The van der Waals surface area contributed by atoms with Crippen LogP contribution in [0.2, 0.25) is 0 Å². The summed E-state index contributed by atoms with van der Waals surface area (Å²) in [6, 6.07) is 7.58. The van der Waals surface area contributed by atoms with Gasteiger partial charge in [-0.2, -0.15) is 0 Å². The van der Waals surface area contributed by atoms with Gasteiger partial charge in [-0.05, 0) is 75.4 Å². The number of nitrogens with zero attached hydrogens (tertiary/aromatic N) is 1. The van der Waals surface area contributed by atoms with Crippen molar-refractivity contribution in [3.8, 4) is 5.75 Å². The van der Waals surface area contributed by atoms with E-state index >= 15 is 0 Å². The van der Waals surface area contributed by atoms with Crippen molar-refractivity contribution in [3.05, 3.63) is 29.8 Å². The van der Waals surface area contributed by atoms with Gasteiger partial charge in [0.2, 0.25) is 5.91 Å². The lowest BCUT2D eigenvalue weighted by Gasteiger charge is -2.30. The summed E-state index contributed by atoms with van der Waals surface area (Å²) in [6.45, 7) is 3.37. The van der Waals surface area contributed by atoms with Crippen LogP contribution in [-0.4, -0.2) is 49.4 Å². The standard InChI is InChI=1S/C27H42N2O3/c1-32-25-16-14-23(15-17-25)26(30)12-6-3-7-13-27(31)28-24(21-29-18-8-9-19-29)20-22-10-4-2-5-11-22/h14-17,22,24H,2-13,18-21H2,1H3,(H,28,31)/t24-/m0/s1. The lowest BCUT2D eigenvalue weighted by atomic mass is 9.84. The minimum atomic E-state index is 0.162. The molecule has 1 aliphatic heterocycles. The Bertz CT molecular complexity index is 691. The minimum absolute atomic E-state index is 0.162. The number of hydrogen-bond donors (Lipinski definition) is 1. The highest BCUT2D eigenvalue weighted by molar-refractivity contribution is 5.96. The zero-order valence-corrected chi connectivity index (χ0v) is 19.9. The molecule has 1 aromatic rings. The van der Waals surface area contributed by atoms with Crippen LogP contribution >= 0.6 is 0 Å². The highest BCUT2D eigenvalue weighted by Gasteiger charge is 2.23. The van der Waals surface area contributed by atoms with E-state index in [1.807, 2.05) is 24.3 Å². The predicted molar refractivity (Wildman–Crippen MR) is 129 cm³/mol.